The largest absolute Gasteiger partial charge is 0.302 e. The van der Waals surface area contributed by atoms with Gasteiger partial charge in [-0.15, -0.1) is 8.58 Å². The lowest BCUT2D eigenvalue weighted by atomic mass is 10.7. The molecule has 1 heterocycles. The summed E-state index contributed by atoms with van der Waals surface area (Å²) in [5, 5.41) is 0. The predicted octanol–water partition coefficient (Wildman–Crippen LogP) is 0.568. The molecule has 1 aliphatic rings. The van der Waals surface area contributed by atoms with Crippen molar-refractivity contribution in [2.75, 3.05) is 26.0 Å². The molecule has 0 bridgehead atoms. The summed E-state index contributed by atoms with van der Waals surface area (Å²) in [6.07, 6.45) is 2.79. The highest BCUT2D eigenvalue weighted by molar-refractivity contribution is 7.38. The van der Waals surface area contributed by atoms with Crippen molar-refractivity contribution in [2.45, 2.75) is 0 Å². The molecule has 0 aliphatic carbocycles. The molecule has 1 aliphatic heterocycles. The third kappa shape index (κ3) is 0.924. The summed E-state index contributed by atoms with van der Waals surface area (Å²) in [6.45, 7) is 1.33. The highest BCUT2D eigenvalue weighted by Gasteiger charge is 2.02. The Balaban J connectivity index is 2.18. The van der Waals surface area contributed by atoms with E-state index in [0.29, 0.717) is 0 Å². The minimum absolute atomic E-state index is 1.21. The molecule has 1 unspecified atom stereocenters. The van der Waals surface area contributed by atoms with E-state index < -0.39 is 0 Å². The second kappa shape index (κ2) is 1.90. The number of nitrogens with zero attached hydrogens (tertiary/aromatic N) is 1. The maximum atomic E-state index is 2.37. The molecule has 0 aromatic carbocycles. The Hall–Kier alpha value is 0.390. The Morgan fingerprint density at radius 2 is 2.50 bits per heavy atom. The molecule has 0 N–H and O–H groups in total. The smallest absolute Gasteiger partial charge is 0.0152 e. The van der Waals surface area contributed by atoms with Gasteiger partial charge in [-0.3, -0.25) is 0 Å². The van der Waals surface area contributed by atoms with Crippen molar-refractivity contribution >= 4 is 8.58 Å². The lowest BCUT2D eigenvalue weighted by Gasteiger charge is -2.00. The quantitative estimate of drug-likeness (QED) is 0.405. The maximum absolute atomic E-state index is 2.37. The monoisotopic (exact) mass is 103 g/mol. The van der Waals surface area contributed by atoms with Crippen LogP contribution in [0.5, 0.6) is 0 Å². The zero-order valence-electron chi connectivity index (χ0n) is 4.07. The second-order valence-electron chi connectivity index (χ2n) is 1.74. The molecule has 0 amide bonds. The highest BCUT2D eigenvalue weighted by Crippen LogP contribution is 2.17. The zero-order valence-corrected chi connectivity index (χ0v) is 5.07. The molecule has 1 atom stereocenters. The lowest BCUT2D eigenvalue weighted by Crippen LogP contribution is -2.11. The molecule has 0 aromatic rings. The summed E-state index contributed by atoms with van der Waals surface area (Å²) in [7, 11) is 3.40. The molecule has 0 radical (unpaired) electrons. The Labute approximate surface area is 40.5 Å². The van der Waals surface area contributed by atoms with Gasteiger partial charge in [0.1, 0.15) is 0 Å². The van der Waals surface area contributed by atoms with Crippen molar-refractivity contribution in [3.05, 3.63) is 0 Å². The number of rotatable bonds is 0. The van der Waals surface area contributed by atoms with Crippen LogP contribution in [0.4, 0.5) is 0 Å². The van der Waals surface area contributed by atoms with Gasteiger partial charge < -0.3 is 4.90 Å². The summed E-state index contributed by atoms with van der Waals surface area (Å²) in [5.74, 6) is 0. The minimum atomic E-state index is 1.21. The first kappa shape index (κ1) is 4.55. The number of hydrogen-bond donors (Lipinski definition) is 0. The van der Waals surface area contributed by atoms with Crippen LogP contribution in [0.3, 0.4) is 0 Å². The molecule has 0 aromatic heterocycles. The van der Waals surface area contributed by atoms with E-state index >= 15 is 0 Å². The first-order valence-electron chi connectivity index (χ1n) is 2.29. The van der Waals surface area contributed by atoms with Crippen molar-refractivity contribution in [3.63, 3.8) is 0 Å². The van der Waals surface area contributed by atoms with Crippen molar-refractivity contribution in [3.8, 4) is 0 Å². The molecule has 1 fully saturated rings. The van der Waals surface area contributed by atoms with Crippen LogP contribution in [0.25, 0.3) is 0 Å². The molecule has 0 spiro atoms. The molecule has 1 nitrogen and oxygen atoms in total. The summed E-state index contributed by atoms with van der Waals surface area (Å²) in [4.78, 5) is 2.37. The van der Waals surface area contributed by atoms with Crippen LogP contribution in [0.2, 0.25) is 0 Å². The summed E-state index contributed by atoms with van der Waals surface area (Å²) in [6, 6.07) is 0. The van der Waals surface area contributed by atoms with E-state index in [0.717, 1.165) is 0 Å². The summed E-state index contributed by atoms with van der Waals surface area (Å²) < 4.78 is 0. The minimum Gasteiger partial charge on any atom is -0.302 e. The molecule has 0 saturated carbocycles. The molecule has 1 saturated heterocycles. The van der Waals surface area contributed by atoms with Gasteiger partial charge in [0.15, 0.2) is 0 Å². The van der Waals surface area contributed by atoms with Crippen LogP contribution in [0.1, 0.15) is 0 Å². The molecule has 2 heteroatoms. The van der Waals surface area contributed by atoms with E-state index in [-0.39, 0.29) is 0 Å². The Morgan fingerprint density at radius 1 is 1.67 bits per heavy atom. The van der Waals surface area contributed by atoms with E-state index in [1.807, 2.05) is 0 Å². The Kier molecular flexibility index (Phi) is 1.44. The lowest BCUT2D eigenvalue weighted by molar-refractivity contribution is 0.438. The molecular formula is C4H10NP. The van der Waals surface area contributed by atoms with Gasteiger partial charge in [-0.05, 0) is 13.2 Å². The average Bonchev–Trinajstić information content (AvgIpc) is 1.86. The van der Waals surface area contributed by atoms with E-state index in [1.165, 1.54) is 27.6 Å². The SMILES string of the molecule is CN1CCPC1. The van der Waals surface area contributed by atoms with Gasteiger partial charge >= 0.3 is 0 Å². The van der Waals surface area contributed by atoms with E-state index in [2.05, 4.69) is 11.9 Å². The van der Waals surface area contributed by atoms with Gasteiger partial charge in [0.05, 0.1) is 0 Å². The van der Waals surface area contributed by atoms with Crippen molar-refractivity contribution in [1.82, 2.24) is 4.90 Å². The molecule has 1 rings (SSSR count). The maximum Gasteiger partial charge on any atom is 0.0152 e. The standard InChI is InChI=1S/C4H10NP/c1-5-2-3-6-4-5/h6H,2-4H2,1H3. The highest BCUT2D eigenvalue weighted by atomic mass is 31.1. The summed E-state index contributed by atoms with van der Waals surface area (Å²) in [5.41, 5.74) is 0. The number of hydrogen-bond acceptors (Lipinski definition) is 1. The van der Waals surface area contributed by atoms with Gasteiger partial charge in [0, 0.05) is 12.8 Å². The normalized spacial score (nSPS) is 29.5. The van der Waals surface area contributed by atoms with Gasteiger partial charge in [-0.1, -0.05) is 0 Å². The van der Waals surface area contributed by atoms with Crippen LogP contribution in [0, 0.1) is 0 Å². The third-order valence-corrected chi connectivity index (χ3v) is 2.39. The first-order valence-corrected chi connectivity index (χ1v) is 3.70. The van der Waals surface area contributed by atoms with Crippen molar-refractivity contribution in [2.24, 2.45) is 0 Å². The second-order valence-corrected chi connectivity index (χ2v) is 3.05. The molecule has 6 heavy (non-hydrogen) atoms. The molecule has 36 valence electrons. The van der Waals surface area contributed by atoms with Crippen molar-refractivity contribution < 1.29 is 0 Å². The van der Waals surface area contributed by atoms with Crippen LogP contribution >= 0.6 is 8.58 Å². The first-order chi connectivity index (χ1) is 2.89. The van der Waals surface area contributed by atoms with E-state index in [4.69, 9.17) is 0 Å². The van der Waals surface area contributed by atoms with Crippen LogP contribution in [-0.4, -0.2) is 30.9 Å². The third-order valence-electron chi connectivity index (χ3n) is 1.05. The predicted molar refractivity (Wildman–Crippen MR) is 30.7 cm³/mol. The van der Waals surface area contributed by atoms with Crippen LogP contribution in [0.15, 0.2) is 0 Å². The van der Waals surface area contributed by atoms with E-state index in [9.17, 15) is 0 Å². The summed E-state index contributed by atoms with van der Waals surface area (Å²) >= 11 is 0. The fourth-order valence-corrected chi connectivity index (χ4v) is 1.86. The van der Waals surface area contributed by atoms with Crippen molar-refractivity contribution in [1.29, 1.82) is 0 Å². The van der Waals surface area contributed by atoms with Gasteiger partial charge in [0.25, 0.3) is 0 Å². The van der Waals surface area contributed by atoms with E-state index in [1.54, 1.807) is 0 Å². The Morgan fingerprint density at radius 3 is 2.67 bits per heavy atom. The average molecular weight is 103 g/mol. The topological polar surface area (TPSA) is 3.24 Å². The fourth-order valence-electron chi connectivity index (χ4n) is 0.619. The zero-order chi connectivity index (χ0) is 4.41. The fraction of sp³-hybridized carbons (Fsp3) is 1.00. The molecular weight excluding hydrogens is 93.0 g/mol. The van der Waals surface area contributed by atoms with Gasteiger partial charge in [-0.25, -0.2) is 0 Å². The van der Waals surface area contributed by atoms with Crippen LogP contribution in [-0.2, 0) is 0 Å². The van der Waals surface area contributed by atoms with Gasteiger partial charge in [-0.2, -0.15) is 0 Å². The van der Waals surface area contributed by atoms with Gasteiger partial charge in [0.2, 0.25) is 0 Å². The van der Waals surface area contributed by atoms with Crippen LogP contribution < -0.4 is 0 Å². The Bertz CT molecular complexity index is 40.8.